The van der Waals surface area contributed by atoms with E-state index >= 15 is 0 Å². The number of amides is 1. The van der Waals surface area contributed by atoms with Gasteiger partial charge >= 0.3 is 0 Å². The van der Waals surface area contributed by atoms with Gasteiger partial charge in [-0.25, -0.2) is 18.1 Å². The number of benzene rings is 2. The Hall–Kier alpha value is -3.90. The Morgan fingerprint density at radius 1 is 1.12 bits per heavy atom. The van der Waals surface area contributed by atoms with Crippen LogP contribution in [0.25, 0.3) is 11.1 Å². The average molecular weight is 478 g/mol. The van der Waals surface area contributed by atoms with E-state index in [0.717, 1.165) is 17.4 Å². The van der Waals surface area contributed by atoms with Crippen molar-refractivity contribution in [2.45, 2.75) is 19.4 Å². The number of hydrogen-bond donors (Lipinski definition) is 1. The number of nitrogens with zero attached hydrogens (tertiary/aromatic N) is 2. The van der Waals surface area contributed by atoms with Gasteiger partial charge in [-0.05, 0) is 54.7 Å². The molecule has 34 heavy (non-hydrogen) atoms. The van der Waals surface area contributed by atoms with Gasteiger partial charge in [-0.1, -0.05) is 18.2 Å². The van der Waals surface area contributed by atoms with Crippen molar-refractivity contribution in [3.05, 3.63) is 77.5 Å². The Morgan fingerprint density at radius 3 is 2.62 bits per heavy atom. The molecule has 4 rings (SSSR count). The molecule has 8 nitrogen and oxygen atoms in total. The summed E-state index contributed by atoms with van der Waals surface area (Å²) in [5, 5.41) is 9.47. The van der Waals surface area contributed by atoms with Crippen molar-refractivity contribution in [3.63, 3.8) is 0 Å². The summed E-state index contributed by atoms with van der Waals surface area (Å²) in [5.41, 5.74) is 2.71. The quantitative estimate of drug-likeness (QED) is 0.499. The van der Waals surface area contributed by atoms with Gasteiger partial charge in [0.05, 0.1) is 24.5 Å². The van der Waals surface area contributed by atoms with Gasteiger partial charge in [0, 0.05) is 29.0 Å². The van der Waals surface area contributed by atoms with Gasteiger partial charge in [0.25, 0.3) is 5.91 Å². The maximum Gasteiger partial charge on any atom is 0.264 e. The molecule has 1 amide bonds. The van der Waals surface area contributed by atoms with E-state index in [0.29, 0.717) is 29.7 Å². The molecule has 0 unspecified atom stereocenters. The van der Waals surface area contributed by atoms with Crippen LogP contribution in [-0.4, -0.2) is 32.2 Å². The van der Waals surface area contributed by atoms with Crippen LogP contribution in [0.4, 0.5) is 0 Å². The number of sulfonamides is 1. The monoisotopic (exact) mass is 477 g/mol. The fourth-order valence-corrected chi connectivity index (χ4v) is 3.68. The standard InChI is InChI=1S/C25H23N3O5S/c1-34(30,31)28-25(29)19-7-8-21(22(11-19)13-26)16-32-23-4-2-3-18(12-23)20-9-10-24(27-14-20)33-15-17-5-6-17/h2-4,7-12,14,17H,5-6,15-16H2,1H3,(H,28,29). The van der Waals surface area contributed by atoms with E-state index in [1.165, 1.54) is 25.0 Å². The van der Waals surface area contributed by atoms with Gasteiger partial charge in [0.2, 0.25) is 15.9 Å². The largest absolute Gasteiger partial charge is 0.489 e. The lowest BCUT2D eigenvalue weighted by molar-refractivity contribution is 0.0981. The number of hydrogen-bond acceptors (Lipinski definition) is 7. The highest BCUT2D eigenvalue weighted by molar-refractivity contribution is 7.89. The van der Waals surface area contributed by atoms with Crippen LogP contribution in [0.2, 0.25) is 0 Å². The molecule has 1 aliphatic carbocycles. The maximum absolute atomic E-state index is 12.0. The van der Waals surface area contributed by atoms with E-state index in [2.05, 4.69) is 4.98 Å². The second-order valence-corrected chi connectivity index (χ2v) is 9.89. The number of nitriles is 1. The Labute approximate surface area is 198 Å². The first kappa shape index (κ1) is 23.3. The summed E-state index contributed by atoms with van der Waals surface area (Å²) in [6, 6.07) is 17.7. The summed E-state index contributed by atoms with van der Waals surface area (Å²) in [5.74, 6) is 1.09. The highest BCUT2D eigenvalue weighted by Gasteiger charge is 2.22. The molecule has 1 N–H and O–H groups in total. The van der Waals surface area contributed by atoms with E-state index in [1.807, 2.05) is 47.2 Å². The molecule has 0 atom stereocenters. The fraction of sp³-hybridized carbons (Fsp3) is 0.240. The van der Waals surface area contributed by atoms with E-state index in [9.17, 15) is 18.5 Å². The fourth-order valence-electron chi connectivity index (χ4n) is 3.23. The Bertz CT molecular complexity index is 1340. The topological polar surface area (TPSA) is 118 Å². The number of carbonyl (C=O) groups is 1. The molecule has 2 aromatic carbocycles. The summed E-state index contributed by atoms with van der Waals surface area (Å²) in [7, 11) is -3.70. The molecular formula is C25H23N3O5S. The molecular weight excluding hydrogens is 454 g/mol. The highest BCUT2D eigenvalue weighted by Crippen LogP contribution is 2.30. The maximum atomic E-state index is 12.0. The number of rotatable bonds is 9. The van der Waals surface area contributed by atoms with Gasteiger partial charge in [0.1, 0.15) is 12.4 Å². The van der Waals surface area contributed by atoms with E-state index < -0.39 is 15.9 Å². The summed E-state index contributed by atoms with van der Waals surface area (Å²) in [6.07, 6.45) is 5.10. The van der Waals surface area contributed by atoms with Crippen LogP contribution in [0.1, 0.15) is 34.3 Å². The van der Waals surface area contributed by atoms with Crippen LogP contribution < -0.4 is 14.2 Å². The summed E-state index contributed by atoms with van der Waals surface area (Å²) >= 11 is 0. The van der Waals surface area contributed by atoms with Gasteiger partial charge in [-0.3, -0.25) is 4.79 Å². The third-order valence-corrected chi connectivity index (χ3v) is 5.79. The lowest BCUT2D eigenvalue weighted by Crippen LogP contribution is -2.29. The van der Waals surface area contributed by atoms with Crippen LogP contribution in [0.15, 0.2) is 60.8 Å². The Morgan fingerprint density at radius 2 is 1.94 bits per heavy atom. The van der Waals surface area contributed by atoms with Crippen LogP contribution in [0.5, 0.6) is 11.6 Å². The molecule has 3 aromatic rings. The molecule has 0 spiro atoms. The minimum absolute atomic E-state index is 0.0739. The van der Waals surface area contributed by atoms with Crippen molar-refractivity contribution >= 4 is 15.9 Å². The zero-order chi connectivity index (χ0) is 24.1. The summed E-state index contributed by atoms with van der Waals surface area (Å²) in [4.78, 5) is 16.4. The SMILES string of the molecule is CS(=O)(=O)NC(=O)c1ccc(COc2cccc(-c3ccc(OCC4CC4)nc3)c2)c(C#N)c1. The van der Waals surface area contributed by atoms with Gasteiger partial charge in [-0.15, -0.1) is 0 Å². The molecule has 0 radical (unpaired) electrons. The molecule has 1 aromatic heterocycles. The third kappa shape index (κ3) is 6.33. The lowest BCUT2D eigenvalue weighted by Gasteiger charge is -2.11. The molecule has 1 heterocycles. The normalized spacial score (nSPS) is 13.1. The van der Waals surface area contributed by atoms with E-state index in [-0.39, 0.29) is 17.7 Å². The molecule has 0 saturated heterocycles. The average Bonchev–Trinajstić information content (AvgIpc) is 3.65. The molecule has 1 aliphatic rings. The predicted octanol–water partition coefficient (Wildman–Crippen LogP) is 3.68. The van der Waals surface area contributed by atoms with E-state index in [1.54, 1.807) is 12.3 Å². The zero-order valence-electron chi connectivity index (χ0n) is 18.5. The number of aromatic nitrogens is 1. The first-order valence-electron chi connectivity index (χ1n) is 10.7. The molecule has 0 aliphatic heterocycles. The minimum Gasteiger partial charge on any atom is -0.489 e. The molecule has 0 bridgehead atoms. The minimum atomic E-state index is -3.70. The number of carbonyl (C=O) groups excluding carboxylic acids is 1. The van der Waals surface area contributed by atoms with Gasteiger partial charge < -0.3 is 9.47 Å². The van der Waals surface area contributed by atoms with Crippen molar-refractivity contribution < 1.29 is 22.7 Å². The highest BCUT2D eigenvalue weighted by atomic mass is 32.2. The second kappa shape index (κ2) is 9.93. The van der Waals surface area contributed by atoms with Crippen molar-refractivity contribution in [2.24, 2.45) is 5.92 Å². The van der Waals surface area contributed by atoms with Crippen molar-refractivity contribution in [3.8, 4) is 28.8 Å². The van der Waals surface area contributed by atoms with Crippen LogP contribution in [0, 0.1) is 17.2 Å². The van der Waals surface area contributed by atoms with Gasteiger partial charge in [0.15, 0.2) is 0 Å². The van der Waals surface area contributed by atoms with Crippen molar-refractivity contribution in [1.82, 2.24) is 9.71 Å². The first-order chi connectivity index (χ1) is 16.3. The van der Waals surface area contributed by atoms with Crippen LogP contribution in [0.3, 0.4) is 0 Å². The molecule has 1 saturated carbocycles. The summed E-state index contributed by atoms with van der Waals surface area (Å²) in [6.45, 7) is 0.816. The number of nitrogens with one attached hydrogen (secondary N) is 1. The summed E-state index contributed by atoms with van der Waals surface area (Å²) < 4.78 is 36.0. The Balaban J connectivity index is 1.42. The predicted molar refractivity (Wildman–Crippen MR) is 126 cm³/mol. The number of ether oxygens (including phenoxy) is 2. The molecule has 174 valence electrons. The van der Waals surface area contributed by atoms with E-state index in [4.69, 9.17) is 9.47 Å². The second-order valence-electron chi connectivity index (χ2n) is 8.14. The lowest BCUT2D eigenvalue weighted by atomic mass is 10.0. The smallest absolute Gasteiger partial charge is 0.264 e. The van der Waals surface area contributed by atoms with Crippen LogP contribution >= 0.6 is 0 Å². The van der Waals surface area contributed by atoms with Crippen molar-refractivity contribution in [1.29, 1.82) is 5.26 Å². The third-order valence-electron chi connectivity index (χ3n) is 5.23. The number of pyridine rings is 1. The Kier molecular flexibility index (Phi) is 6.80. The molecule has 1 fully saturated rings. The molecule has 9 heteroatoms. The van der Waals surface area contributed by atoms with Crippen LogP contribution in [-0.2, 0) is 16.6 Å². The zero-order valence-corrected chi connectivity index (χ0v) is 19.3. The first-order valence-corrected chi connectivity index (χ1v) is 12.6. The van der Waals surface area contributed by atoms with Gasteiger partial charge in [-0.2, -0.15) is 5.26 Å². The van der Waals surface area contributed by atoms with Crippen molar-refractivity contribution in [2.75, 3.05) is 12.9 Å².